The summed E-state index contributed by atoms with van der Waals surface area (Å²) in [6.45, 7) is 0. The molecule has 1 nitrogen and oxygen atoms in total. The normalized spacial score (nSPS) is 11.2. The van der Waals surface area contributed by atoms with Crippen molar-refractivity contribution in [1.29, 1.82) is 0 Å². The number of alkyl halides is 2. The summed E-state index contributed by atoms with van der Waals surface area (Å²) in [5.74, 6) is 0. The van der Waals surface area contributed by atoms with E-state index in [1.165, 1.54) is 0 Å². The minimum absolute atomic E-state index is 0.609. The van der Waals surface area contributed by atoms with Crippen molar-refractivity contribution in [3.63, 3.8) is 0 Å². The molecule has 1 rings (SSSR count). The van der Waals surface area contributed by atoms with E-state index in [9.17, 15) is 4.79 Å². The fraction of sp³-hybridized carbons (Fsp3) is 0.125. The summed E-state index contributed by atoms with van der Waals surface area (Å²) >= 11 is 12.2. The fourth-order valence-corrected chi connectivity index (χ4v) is 1.45. The molecule has 0 spiro atoms. The summed E-state index contributed by atoms with van der Waals surface area (Å²) in [6, 6.07) is 7.08. The Kier molecular flexibility index (Phi) is 3.32. The molecule has 1 aromatic rings. The molecule has 12 heavy (non-hydrogen) atoms. The third-order valence-electron chi connectivity index (χ3n) is 1.36. The highest BCUT2D eigenvalue weighted by Crippen LogP contribution is 2.36. The quantitative estimate of drug-likeness (QED) is 0.603. The zero-order chi connectivity index (χ0) is 9.19. The molecule has 0 saturated heterocycles. The zero-order valence-electron chi connectivity index (χ0n) is 5.93. The van der Waals surface area contributed by atoms with Crippen LogP contribution in [0.15, 0.2) is 24.3 Å². The summed E-state index contributed by atoms with van der Waals surface area (Å²) < 4.78 is -0.815. The smallest absolute Gasteiger partial charge is 0.160 e. The van der Waals surface area contributed by atoms with Crippen LogP contribution in [-0.2, 0) is 8.03 Å². The average Bonchev–Trinajstić information content (AvgIpc) is 2.05. The van der Waals surface area contributed by atoms with Gasteiger partial charge in [0.2, 0.25) is 0 Å². The molecule has 0 aliphatic heterocycles. The number of carbonyl (C=O) groups is 1. The molecule has 0 radical (unpaired) electrons. The molecule has 0 N–H and O–H groups in total. The molecule has 0 amide bonds. The van der Waals surface area contributed by atoms with Crippen molar-refractivity contribution >= 4 is 49.7 Å². The molecule has 4 heteroatoms. The Hall–Kier alpha value is 0.140. The molecule has 0 aliphatic carbocycles. The van der Waals surface area contributed by atoms with E-state index >= 15 is 0 Å². The second-order valence-electron chi connectivity index (χ2n) is 2.25. The van der Waals surface area contributed by atoms with E-state index in [2.05, 4.69) is 31.9 Å². The molecule has 0 aromatic heterocycles. The van der Waals surface area contributed by atoms with Gasteiger partial charge in [-0.15, -0.1) is 0 Å². The second-order valence-corrected chi connectivity index (χ2v) is 6.25. The lowest BCUT2D eigenvalue weighted by atomic mass is 10.2. The number of rotatable bonds is 2. The first-order valence-electron chi connectivity index (χ1n) is 3.16. The standard InChI is InChI=1S/C8H5Br2ClO/c9-8(10,5-12)6-2-1-3-7(11)4-6/h1-5H. The van der Waals surface area contributed by atoms with Crippen LogP contribution in [0.5, 0.6) is 0 Å². The summed E-state index contributed by atoms with van der Waals surface area (Å²) in [4.78, 5) is 10.6. The predicted octanol–water partition coefficient (Wildman–Crippen LogP) is 3.48. The number of benzene rings is 1. The zero-order valence-corrected chi connectivity index (χ0v) is 9.86. The minimum Gasteiger partial charge on any atom is -0.300 e. The van der Waals surface area contributed by atoms with Crippen LogP contribution in [0.1, 0.15) is 5.56 Å². The summed E-state index contributed by atoms with van der Waals surface area (Å²) in [5, 5.41) is 0.609. The SMILES string of the molecule is O=CC(Br)(Br)c1cccc(Cl)c1. The fourth-order valence-electron chi connectivity index (χ4n) is 0.764. The van der Waals surface area contributed by atoms with Gasteiger partial charge >= 0.3 is 0 Å². The third-order valence-corrected chi connectivity index (χ3v) is 2.88. The highest BCUT2D eigenvalue weighted by Gasteiger charge is 2.24. The van der Waals surface area contributed by atoms with Gasteiger partial charge in [0.15, 0.2) is 9.52 Å². The summed E-state index contributed by atoms with van der Waals surface area (Å²) in [5.41, 5.74) is 0.782. The van der Waals surface area contributed by atoms with Crippen LogP contribution in [0.2, 0.25) is 5.02 Å². The van der Waals surface area contributed by atoms with E-state index < -0.39 is 3.23 Å². The maximum atomic E-state index is 10.6. The average molecular weight is 312 g/mol. The van der Waals surface area contributed by atoms with Crippen molar-refractivity contribution in [3.8, 4) is 0 Å². The highest BCUT2D eigenvalue weighted by molar-refractivity contribution is 9.25. The van der Waals surface area contributed by atoms with Crippen molar-refractivity contribution < 1.29 is 4.79 Å². The van der Waals surface area contributed by atoms with E-state index in [0.29, 0.717) is 5.02 Å². The Morgan fingerprint density at radius 1 is 1.42 bits per heavy atom. The lowest BCUT2D eigenvalue weighted by molar-refractivity contribution is -0.107. The molecule has 0 atom stereocenters. The molecule has 0 bridgehead atoms. The number of halogens is 3. The number of aldehydes is 1. The van der Waals surface area contributed by atoms with Crippen LogP contribution in [0.4, 0.5) is 0 Å². The third kappa shape index (κ3) is 2.31. The van der Waals surface area contributed by atoms with E-state index in [1.807, 2.05) is 6.07 Å². The van der Waals surface area contributed by atoms with Crippen molar-refractivity contribution in [3.05, 3.63) is 34.9 Å². The van der Waals surface area contributed by atoms with Gasteiger partial charge in [-0.1, -0.05) is 55.6 Å². The van der Waals surface area contributed by atoms with Gasteiger partial charge in [-0.3, -0.25) is 0 Å². The Labute approximate surface area is 92.4 Å². The van der Waals surface area contributed by atoms with Crippen molar-refractivity contribution in [2.24, 2.45) is 0 Å². The molecule has 0 unspecified atom stereocenters. The molecule has 0 fully saturated rings. The first-order valence-corrected chi connectivity index (χ1v) is 5.13. The Morgan fingerprint density at radius 3 is 2.58 bits per heavy atom. The Bertz CT molecular complexity index is 299. The lowest BCUT2D eigenvalue weighted by Gasteiger charge is -2.12. The van der Waals surface area contributed by atoms with Gasteiger partial charge in [-0.25, -0.2) is 0 Å². The molecule has 0 heterocycles. The number of hydrogen-bond donors (Lipinski definition) is 0. The van der Waals surface area contributed by atoms with E-state index in [4.69, 9.17) is 11.6 Å². The van der Waals surface area contributed by atoms with Crippen molar-refractivity contribution in [1.82, 2.24) is 0 Å². The Balaban J connectivity index is 3.11. The van der Waals surface area contributed by atoms with Crippen molar-refractivity contribution in [2.75, 3.05) is 0 Å². The van der Waals surface area contributed by atoms with Gasteiger partial charge in [0.05, 0.1) is 0 Å². The molecule has 0 aliphatic rings. The first kappa shape index (κ1) is 10.2. The summed E-state index contributed by atoms with van der Waals surface area (Å²) in [6.07, 6.45) is 0.763. The van der Waals surface area contributed by atoms with Crippen LogP contribution >= 0.6 is 43.5 Å². The van der Waals surface area contributed by atoms with Gasteiger partial charge in [0, 0.05) is 5.02 Å². The summed E-state index contributed by atoms with van der Waals surface area (Å²) in [7, 11) is 0. The number of hydrogen-bond acceptors (Lipinski definition) is 1. The van der Waals surface area contributed by atoms with E-state index in [1.54, 1.807) is 18.2 Å². The number of carbonyl (C=O) groups excluding carboxylic acids is 1. The molecular weight excluding hydrogens is 307 g/mol. The second kappa shape index (κ2) is 3.90. The maximum Gasteiger partial charge on any atom is 0.160 e. The van der Waals surface area contributed by atoms with Crippen molar-refractivity contribution in [2.45, 2.75) is 3.23 Å². The maximum absolute atomic E-state index is 10.6. The first-order chi connectivity index (χ1) is 5.56. The monoisotopic (exact) mass is 310 g/mol. The van der Waals surface area contributed by atoms with E-state index in [-0.39, 0.29) is 0 Å². The largest absolute Gasteiger partial charge is 0.300 e. The lowest BCUT2D eigenvalue weighted by Crippen LogP contribution is -2.09. The molecule has 64 valence electrons. The van der Waals surface area contributed by atoms with Crippen LogP contribution in [0, 0.1) is 0 Å². The van der Waals surface area contributed by atoms with Gasteiger partial charge in [0.25, 0.3) is 0 Å². The Morgan fingerprint density at radius 2 is 2.08 bits per heavy atom. The predicted molar refractivity (Wildman–Crippen MR) is 57.0 cm³/mol. The van der Waals surface area contributed by atoms with Crippen LogP contribution in [0.3, 0.4) is 0 Å². The van der Waals surface area contributed by atoms with Crippen LogP contribution in [-0.4, -0.2) is 6.29 Å². The van der Waals surface area contributed by atoms with Gasteiger partial charge in [-0.05, 0) is 17.7 Å². The topological polar surface area (TPSA) is 17.1 Å². The minimum atomic E-state index is -0.815. The molecule has 0 saturated carbocycles. The van der Waals surface area contributed by atoms with Gasteiger partial charge < -0.3 is 4.79 Å². The molecular formula is C8H5Br2ClO. The van der Waals surface area contributed by atoms with Gasteiger partial charge in [-0.2, -0.15) is 0 Å². The molecule has 1 aromatic carbocycles. The van der Waals surface area contributed by atoms with Crippen LogP contribution < -0.4 is 0 Å². The van der Waals surface area contributed by atoms with Gasteiger partial charge in [0.1, 0.15) is 0 Å². The van der Waals surface area contributed by atoms with E-state index in [0.717, 1.165) is 11.8 Å². The highest BCUT2D eigenvalue weighted by atomic mass is 79.9. The van der Waals surface area contributed by atoms with Crippen LogP contribution in [0.25, 0.3) is 0 Å².